The molecular formula is C13H17N3O2. The first-order valence-corrected chi connectivity index (χ1v) is 6.07. The van der Waals surface area contributed by atoms with Crippen LogP contribution in [0.25, 0.3) is 0 Å². The molecule has 0 bridgehead atoms. The number of rotatable bonds is 3. The van der Waals surface area contributed by atoms with Gasteiger partial charge in [0, 0.05) is 19.9 Å². The molecule has 5 nitrogen and oxygen atoms in total. The lowest BCUT2D eigenvalue weighted by molar-refractivity contribution is -0.150. The summed E-state index contributed by atoms with van der Waals surface area (Å²) in [6.45, 7) is 2.19. The van der Waals surface area contributed by atoms with Crippen LogP contribution in [0.5, 0.6) is 0 Å². The van der Waals surface area contributed by atoms with Gasteiger partial charge in [-0.1, -0.05) is 13.0 Å². The van der Waals surface area contributed by atoms with Gasteiger partial charge in [0.15, 0.2) is 0 Å². The molecule has 0 aliphatic carbocycles. The third-order valence-electron chi connectivity index (χ3n) is 3.03. The zero-order chi connectivity index (χ0) is 13.1. The molecule has 0 radical (unpaired) electrons. The van der Waals surface area contributed by atoms with Crippen molar-refractivity contribution in [3.05, 3.63) is 23.9 Å². The first-order valence-electron chi connectivity index (χ1n) is 6.07. The number of hydrogen-bond acceptors (Lipinski definition) is 4. The van der Waals surface area contributed by atoms with Gasteiger partial charge in [-0.25, -0.2) is 4.98 Å². The van der Waals surface area contributed by atoms with Crippen molar-refractivity contribution in [2.75, 3.05) is 12.4 Å². The molecule has 1 aromatic heterocycles. The highest BCUT2D eigenvalue weighted by molar-refractivity contribution is 5.97. The van der Waals surface area contributed by atoms with Crippen LogP contribution >= 0.6 is 0 Å². The van der Waals surface area contributed by atoms with Gasteiger partial charge in [-0.15, -0.1) is 0 Å². The number of hydrogen-bond donors (Lipinski definition) is 1. The molecule has 0 aromatic carbocycles. The van der Waals surface area contributed by atoms with Crippen LogP contribution in [0.4, 0.5) is 5.82 Å². The van der Waals surface area contributed by atoms with Crippen LogP contribution in [0, 0.1) is 5.92 Å². The lowest BCUT2D eigenvalue weighted by Gasteiger charge is -2.28. The van der Waals surface area contributed by atoms with Gasteiger partial charge in [-0.3, -0.25) is 14.5 Å². The van der Waals surface area contributed by atoms with Gasteiger partial charge in [0.25, 0.3) is 0 Å². The highest BCUT2D eigenvalue weighted by atomic mass is 16.2. The number of nitrogens with one attached hydrogen (secondary N) is 1. The molecular weight excluding hydrogens is 230 g/mol. The molecule has 1 N–H and O–H groups in total. The van der Waals surface area contributed by atoms with Crippen LogP contribution in [0.2, 0.25) is 0 Å². The summed E-state index contributed by atoms with van der Waals surface area (Å²) in [6.07, 6.45) is 0.884. The minimum atomic E-state index is -0.101. The first kappa shape index (κ1) is 12.5. The van der Waals surface area contributed by atoms with Crippen LogP contribution in [0.1, 0.15) is 25.5 Å². The Morgan fingerprint density at radius 2 is 2.00 bits per heavy atom. The van der Waals surface area contributed by atoms with Crippen molar-refractivity contribution in [3.63, 3.8) is 0 Å². The van der Waals surface area contributed by atoms with Crippen LogP contribution in [0.3, 0.4) is 0 Å². The normalized spacial score (nSPS) is 17.1. The molecule has 1 aromatic rings. The van der Waals surface area contributed by atoms with Gasteiger partial charge in [0.05, 0.1) is 12.2 Å². The standard InChI is InChI=1S/C13H17N3O2/c1-9-6-12(17)16(13(18)7-9)8-10-4-3-5-11(14-2)15-10/h3-5,9H,6-8H2,1-2H3,(H,14,15). The number of nitrogens with zero attached hydrogens (tertiary/aromatic N) is 2. The third-order valence-corrected chi connectivity index (χ3v) is 3.03. The number of anilines is 1. The predicted molar refractivity (Wildman–Crippen MR) is 67.7 cm³/mol. The van der Waals surface area contributed by atoms with Gasteiger partial charge >= 0.3 is 0 Å². The van der Waals surface area contributed by atoms with E-state index in [2.05, 4.69) is 10.3 Å². The van der Waals surface area contributed by atoms with E-state index in [1.54, 1.807) is 7.05 Å². The van der Waals surface area contributed by atoms with Gasteiger partial charge in [0.1, 0.15) is 5.82 Å². The summed E-state index contributed by atoms with van der Waals surface area (Å²) in [7, 11) is 1.78. The van der Waals surface area contributed by atoms with Crippen molar-refractivity contribution in [3.8, 4) is 0 Å². The summed E-state index contributed by atoms with van der Waals surface area (Å²) in [5.41, 5.74) is 0.720. The van der Waals surface area contributed by atoms with Crippen LogP contribution in [-0.2, 0) is 16.1 Å². The van der Waals surface area contributed by atoms with Crippen LogP contribution in [0.15, 0.2) is 18.2 Å². The minimum absolute atomic E-state index is 0.101. The summed E-state index contributed by atoms with van der Waals surface area (Å²) < 4.78 is 0. The number of pyridine rings is 1. The number of imide groups is 1. The molecule has 0 spiro atoms. The monoisotopic (exact) mass is 247 g/mol. The SMILES string of the molecule is CNc1cccc(CN2C(=O)CC(C)CC2=O)n1. The second-order valence-corrected chi connectivity index (χ2v) is 4.65. The van der Waals surface area contributed by atoms with Gasteiger partial charge in [-0.2, -0.15) is 0 Å². The molecule has 1 fully saturated rings. The smallest absolute Gasteiger partial charge is 0.229 e. The van der Waals surface area contributed by atoms with Gasteiger partial charge in [0.2, 0.25) is 11.8 Å². The fourth-order valence-electron chi connectivity index (χ4n) is 2.07. The van der Waals surface area contributed by atoms with E-state index in [1.165, 1.54) is 4.90 Å². The quantitative estimate of drug-likeness (QED) is 0.820. The van der Waals surface area contributed by atoms with Crippen molar-refractivity contribution >= 4 is 17.6 Å². The summed E-state index contributed by atoms with van der Waals surface area (Å²) in [4.78, 5) is 29.3. The highest BCUT2D eigenvalue weighted by Crippen LogP contribution is 2.20. The van der Waals surface area contributed by atoms with Crippen molar-refractivity contribution < 1.29 is 9.59 Å². The average Bonchev–Trinajstić information content (AvgIpc) is 2.34. The Balaban J connectivity index is 2.12. The van der Waals surface area contributed by atoms with E-state index in [-0.39, 0.29) is 24.3 Å². The summed E-state index contributed by atoms with van der Waals surface area (Å²) in [6, 6.07) is 5.51. The Morgan fingerprint density at radius 1 is 1.33 bits per heavy atom. The van der Waals surface area contributed by atoms with Crippen LogP contribution < -0.4 is 5.32 Å². The van der Waals surface area contributed by atoms with E-state index >= 15 is 0 Å². The number of aromatic nitrogens is 1. The molecule has 0 atom stereocenters. The van der Waals surface area contributed by atoms with E-state index in [4.69, 9.17) is 0 Å². The summed E-state index contributed by atoms with van der Waals surface area (Å²) >= 11 is 0. The van der Waals surface area contributed by atoms with E-state index in [9.17, 15) is 9.59 Å². The topological polar surface area (TPSA) is 62.3 Å². The molecule has 96 valence electrons. The van der Waals surface area contributed by atoms with Crippen molar-refractivity contribution in [1.82, 2.24) is 9.88 Å². The summed E-state index contributed by atoms with van der Waals surface area (Å²) in [5.74, 6) is 0.682. The molecule has 2 rings (SSSR count). The number of carbonyl (C=O) groups is 2. The highest BCUT2D eigenvalue weighted by Gasteiger charge is 2.30. The van der Waals surface area contributed by atoms with Crippen molar-refractivity contribution in [1.29, 1.82) is 0 Å². The third kappa shape index (κ3) is 2.67. The molecule has 18 heavy (non-hydrogen) atoms. The zero-order valence-corrected chi connectivity index (χ0v) is 10.6. The summed E-state index contributed by atoms with van der Waals surface area (Å²) in [5, 5.41) is 2.93. The number of carbonyl (C=O) groups excluding carboxylic acids is 2. The lowest BCUT2D eigenvalue weighted by atomic mass is 9.98. The molecule has 5 heteroatoms. The van der Waals surface area contributed by atoms with E-state index in [0.29, 0.717) is 12.8 Å². The maximum atomic E-state index is 11.8. The molecule has 0 unspecified atom stereocenters. The lowest BCUT2D eigenvalue weighted by Crippen LogP contribution is -2.42. The molecule has 1 aliphatic rings. The molecule has 0 saturated carbocycles. The maximum Gasteiger partial charge on any atom is 0.229 e. The average molecular weight is 247 g/mol. The minimum Gasteiger partial charge on any atom is -0.373 e. The Morgan fingerprint density at radius 3 is 2.61 bits per heavy atom. The van der Waals surface area contributed by atoms with Crippen molar-refractivity contribution in [2.45, 2.75) is 26.3 Å². The van der Waals surface area contributed by atoms with Gasteiger partial charge < -0.3 is 5.32 Å². The van der Waals surface area contributed by atoms with E-state index < -0.39 is 0 Å². The number of piperidine rings is 1. The first-order chi connectivity index (χ1) is 8.60. The van der Waals surface area contributed by atoms with Crippen molar-refractivity contribution in [2.24, 2.45) is 5.92 Å². The van der Waals surface area contributed by atoms with Crippen LogP contribution in [-0.4, -0.2) is 28.7 Å². The Hall–Kier alpha value is -1.91. The predicted octanol–water partition coefficient (Wildman–Crippen LogP) is 1.41. The Kier molecular flexibility index (Phi) is 3.60. The number of likely N-dealkylation sites (tertiary alicyclic amines) is 1. The Bertz CT molecular complexity index is 455. The second-order valence-electron chi connectivity index (χ2n) is 4.65. The van der Waals surface area contributed by atoms with Gasteiger partial charge in [-0.05, 0) is 18.1 Å². The fraction of sp³-hybridized carbons (Fsp3) is 0.462. The second kappa shape index (κ2) is 5.16. The van der Waals surface area contributed by atoms with E-state index in [0.717, 1.165) is 11.5 Å². The maximum absolute atomic E-state index is 11.8. The zero-order valence-electron chi connectivity index (χ0n) is 10.6. The van der Waals surface area contributed by atoms with E-state index in [1.807, 2.05) is 25.1 Å². The largest absolute Gasteiger partial charge is 0.373 e. The molecule has 2 amide bonds. The fourth-order valence-corrected chi connectivity index (χ4v) is 2.07. The molecule has 1 aliphatic heterocycles. The Labute approximate surface area is 106 Å². The molecule has 2 heterocycles. The number of amides is 2. The molecule has 1 saturated heterocycles.